The third-order valence-electron chi connectivity index (χ3n) is 9.32. The number of carbonyl (C=O) groups is 1. The van der Waals surface area contributed by atoms with E-state index < -0.39 is 0 Å². The van der Waals surface area contributed by atoms with Gasteiger partial charge in [-0.1, -0.05) is 41.4 Å². The SMILES string of the molecule is Cc1cc(OCCCc2c3n(c4c(-c5c(C)nn(C)c5C)c(Cl)ccc24)C(C)CN(c2coc4ccccc24)C3=O)cc(C)c1Cl. The van der Waals surface area contributed by atoms with Gasteiger partial charge in [-0.05, 0) is 94.5 Å². The van der Waals surface area contributed by atoms with Gasteiger partial charge in [0.2, 0.25) is 0 Å². The van der Waals surface area contributed by atoms with Crippen molar-refractivity contribution in [1.29, 1.82) is 0 Å². The molecule has 236 valence electrons. The van der Waals surface area contributed by atoms with Crippen molar-refractivity contribution in [3.05, 3.63) is 98.6 Å². The van der Waals surface area contributed by atoms with E-state index >= 15 is 0 Å². The zero-order chi connectivity index (χ0) is 32.4. The molecule has 7 nitrogen and oxygen atoms in total. The first-order valence-corrected chi connectivity index (χ1v) is 16.4. The molecule has 1 aliphatic heterocycles. The number of furan rings is 1. The van der Waals surface area contributed by atoms with E-state index in [1.54, 1.807) is 6.26 Å². The number of ether oxygens (including phenoxy) is 1. The molecule has 6 aromatic rings. The van der Waals surface area contributed by atoms with Crippen LogP contribution in [0.4, 0.5) is 5.69 Å². The van der Waals surface area contributed by atoms with E-state index in [2.05, 4.69) is 24.5 Å². The number of hydrogen-bond donors (Lipinski definition) is 0. The Balaban J connectivity index is 1.36. The molecule has 7 rings (SSSR count). The summed E-state index contributed by atoms with van der Waals surface area (Å²) in [6, 6.07) is 15.7. The van der Waals surface area contributed by atoms with Crippen molar-refractivity contribution in [3.63, 3.8) is 0 Å². The summed E-state index contributed by atoms with van der Waals surface area (Å²) in [6.07, 6.45) is 3.06. The minimum absolute atomic E-state index is 0.0385. The number of para-hydroxylation sites is 1. The summed E-state index contributed by atoms with van der Waals surface area (Å²) < 4.78 is 16.2. The van der Waals surface area contributed by atoms with Crippen LogP contribution in [0, 0.1) is 27.7 Å². The normalized spacial score (nSPS) is 14.9. The van der Waals surface area contributed by atoms with Crippen molar-refractivity contribution >= 4 is 56.7 Å². The van der Waals surface area contributed by atoms with Crippen LogP contribution in [-0.4, -0.2) is 33.4 Å². The van der Waals surface area contributed by atoms with Gasteiger partial charge in [0, 0.05) is 52.3 Å². The molecule has 0 N–H and O–H groups in total. The van der Waals surface area contributed by atoms with Crippen molar-refractivity contribution in [2.24, 2.45) is 7.05 Å². The fraction of sp³-hybridized carbons (Fsp3) is 0.297. The van der Waals surface area contributed by atoms with Gasteiger partial charge in [-0.2, -0.15) is 5.10 Å². The first-order chi connectivity index (χ1) is 22.1. The highest BCUT2D eigenvalue weighted by Gasteiger charge is 2.37. The molecule has 3 aromatic carbocycles. The van der Waals surface area contributed by atoms with Crippen LogP contribution in [0.15, 0.2) is 59.2 Å². The van der Waals surface area contributed by atoms with Crippen LogP contribution in [0.25, 0.3) is 33.0 Å². The molecule has 46 heavy (non-hydrogen) atoms. The Bertz CT molecular complexity index is 2150. The Hall–Kier alpha value is -4.20. The van der Waals surface area contributed by atoms with Crippen molar-refractivity contribution < 1.29 is 13.9 Å². The molecule has 1 atom stereocenters. The zero-order valence-corrected chi connectivity index (χ0v) is 28.4. The predicted molar refractivity (Wildman–Crippen MR) is 186 cm³/mol. The lowest BCUT2D eigenvalue weighted by Crippen LogP contribution is -2.42. The van der Waals surface area contributed by atoms with Crippen LogP contribution in [-0.2, 0) is 13.5 Å². The van der Waals surface area contributed by atoms with Crippen molar-refractivity contribution in [2.45, 2.75) is 53.5 Å². The fourth-order valence-corrected chi connectivity index (χ4v) is 7.47. The van der Waals surface area contributed by atoms with E-state index in [1.165, 1.54) is 0 Å². The first kappa shape index (κ1) is 30.5. The number of fused-ring (bicyclic) bond motifs is 4. The second-order valence-electron chi connectivity index (χ2n) is 12.4. The topological polar surface area (TPSA) is 65.4 Å². The van der Waals surface area contributed by atoms with Gasteiger partial charge < -0.3 is 18.6 Å². The van der Waals surface area contributed by atoms with Crippen LogP contribution < -0.4 is 9.64 Å². The molecule has 3 aromatic heterocycles. The van der Waals surface area contributed by atoms with E-state index in [9.17, 15) is 4.79 Å². The molecule has 1 aliphatic rings. The van der Waals surface area contributed by atoms with Crippen LogP contribution in [0.2, 0.25) is 10.0 Å². The summed E-state index contributed by atoms with van der Waals surface area (Å²) in [6.45, 7) is 11.2. The number of aryl methyl sites for hydroxylation is 5. The molecule has 0 spiro atoms. The number of halogens is 2. The van der Waals surface area contributed by atoms with Gasteiger partial charge >= 0.3 is 0 Å². The maximum absolute atomic E-state index is 14.7. The Labute approximate surface area is 278 Å². The van der Waals surface area contributed by atoms with E-state index in [1.807, 2.05) is 79.9 Å². The molecule has 0 bridgehead atoms. The summed E-state index contributed by atoms with van der Waals surface area (Å²) in [4.78, 5) is 16.6. The van der Waals surface area contributed by atoms with Gasteiger partial charge in [0.25, 0.3) is 5.91 Å². The molecule has 0 aliphatic carbocycles. The molecular weight excluding hydrogens is 619 g/mol. The van der Waals surface area contributed by atoms with E-state index in [4.69, 9.17) is 37.5 Å². The summed E-state index contributed by atoms with van der Waals surface area (Å²) in [5, 5.41) is 8.05. The van der Waals surface area contributed by atoms with Crippen LogP contribution >= 0.6 is 23.2 Å². The minimum Gasteiger partial charge on any atom is -0.494 e. The highest BCUT2D eigenvalue weighted by Crippen LogP contribution is 2.45. The minimum atomic E-state index is -0.0533. The number of nitrogens with zero attached hydrogens (tertiary/aromatic N) is 4. The number of benzene rings is 3. The summed E-state index contributed by atoms with van der Waals surface area (Å²) in [5.74, 6) is 0.741. The Morgan fingerprint density at radius 2 is 1.74 bits per heavy atom. The molecule has 0 fully saturated rings. The summed E-state index contributed by atoms with van der Waals surface area (Å²) in [7, 11) is 1.95. The Morgan fingerprint density at radius 3 is 2.46 bits per heavy atom. The number of hydrogen-bond acceptors (Lipinski definition) is 4. The van der Waals surface area contributed by atoms with Crippen molar-refractivity contribution in [1.82, 2.24) is 14.3 Å². The predicted octanol–water partition coefficient (Wildman–Crippen LogP) is 9.56. The van der Waals surface area contributed by atoms with Crippen molar-refractivity contribution in [3.8, 4) is 16.9 Å². The van der Waals surface area contributed by atoms with Crippen LogP contribution in [0.3, 0.4) is 0 Å². The first-order valence-electron chi connectivity index (χ1n) is 15.6. The average Bonchev–Trinajstić information content (AvgIpc) is 3.68. The van der Waals surface area contributed by atoms with Gasteiger partial charge in [-0.15, -0.1) is 0 Å². The lowest BCUT2D eigenvalue weighted by molar-refractivity contribution is 0.0957. The Morgan fingerprint density at radius 1 is 1.00 bits per heavy atom. The number of amides is 1. The lowest BCUT2D eigenvalue weighted by atomic mass is 9.98. The second kappa shape index (κ2) is 11.6. The van der Waals surface area contributed by atoms with Crippen LogP contribution in [0.1, 0.15) is 58.0 Å². The highest BCUT2D eigenvalue weighted by molar-refractivity contribution is 6.35. The van der Waals surface area contributed by atoms with Gasteiger partial charge in [0.05, 0.1) is 28.5 Å². The molecule has 9 heteroatoms. The summed E-state index contributed by atoms with van der Waals surface area (Å²) >= 11 is 13.4. The number of carbonyl (C=O) groups excluding carboxylic acids is 1. The average molecular weight is 656 g/mol. The quantitative estimate of drug-likeness (QED) is 0.161. The van der Waals surface area contributed by atoms with E-state index in [0.29, 0.717) is 36.7 Å². The van der Waals surface area contributed by atoms with Crippen molar-refractivity contribution in [2.75, 3.05) is 18.1 Å². The molecule has 1 unspecified atom stereocenters. The van der Waals surface area contributed by atoms with Crippen LogP contribution in [0.5, 0.6) is 5.75 Å². The van der Waals surface area contributed by atoms with Gasteiger partial charge in [-0.25, -0.2) is 0 Å². The standard InChI is InChI=1S/C37H36Cl2N4O3/c1-20-16-25(17-21(2)34(20)39)45-15-9-11-26-27-13-14-29(38)33(32-23(4)40-41(6)24(32)5)35(27)43-22(3)18-42(37(44)36(26)43)30-19-46-31-12-8-7-10-28(30)31/h7-8,10,12-14,16-17,19,22H,9,11,15,18H2,1-6H3. The second-order valence-corrected chi connectivity index (χ2v) is 13.2. The summed E-state index contributed by atoms with van der Waals surface area (Å²) in [5.41, 5.74) is 10.00. The lowest BCUT2D eigenvalue weighted by Gasteiger charge is -2.33. The van der Waals surface area contributed by atoms with Gasteiger partial charge in [0.15, 0.2) is 0 Å². The fourth-order valence-electron chi connectivity index (χ4n) is 7.11. The van der Waals surface area contributed by atoms with Gasteiger partial charge in [0.1, 0.15) is 23.3 Å². The molecular formula is C37H36Cl2N4O3. The third-order valence-corrected chi connectivity index (χ3v) is 10.2. The highest BCUT2D eigenvalue weighted by atomic mass is 35.5. The van der Waals surface area contributed by atoms with Gasteiger partial charge in [-0.3, -0.25) is 9.48 Å². The molecule has 0 saturated carbocycles. The van der Waals surface area contributed by atoms with E-state index in [-0.39, 0.29) is 11.9 Å². The third kappa shape index (κ3) is 4.79. The largest absolute Gasteiger partial charge is 0.494 e. The monoisotopic (exact) mass is 654 g/mol. The molecule has 1 amide bonds. The Kier molecular flexibility index (Phi) is 7.65. The molecule has 0 saturated heterocycles. The number of aromatic nitrogens is 3. The smallest absolute Gasteiger partial charge is 0.275 e. The number of anilines is 1. The molecule has 4 heterocycles. The molecule has 0 radical (unpaired) electrons. The number of rotatable bonds is 7. The maximum atomic E-state index is 14.7. The zero-order valence-electron chi connectivity index (χ0n) is 26.9. The maximum Gasteiger partial charge on any atom is 0.275 e. The van der Waals surface area contributed by atoms with E-state index in [0.717, 1.165) is 77.5 Å².